The molecular formula is C32H32F3N5O2. The van der Waals surface area contributed by atoms with Gasteiger partial charge in [-0.1, -0.05) is 53.7 Å². The largest absolute Gasteiger partial charge is 0.497 e. The van der Waals surface area contributed by atoms with Gasteiger partial charge >= 0.3 is 6.18 Å². The third-order valence-electron chi connectivity index (χ3n) is 8.61. The van der Waals surface area contributed by atoms with Crippen molar-refractivity contribution in [2.45, 2.75) is 56.5 Å². The number of halogens is 3. The van der Waals surface area contributed by atoms with Gasteiger partial charge in [-0.15, -0.1) is 5.10 Å². The second kappa shape index (κ2) is 10.6. The molecule has 1 spiro atoms. The van der Waals surface area contributed by atoms with E-state index in [0.29, 0.717) is 36.4 Å². The molecule has 1 amide bonds. The topological polar surface area (TPSA) is 63.5 Å². The molecule has 7 nitrogen and oxygen atoms in total. The summed E-state index contributed by atoms with van der Waals surface area (Å²) in [6.45, 7) is 2.87. The van der Waals surface area contributed by atoms with Crippen LogP contribution in [0.5, 0.6) is 5.75 Å². The monoisotopic (exact) mass is 575 g/mol. The molecule has 0 aliphatic carbocycles. The number of carbonyl (C=O) groups excluding carboxylic acids is 1. The quantitative estimate of drug-likeness (QED) is 0.280. The Kier molecular flexibility index (Phi) is 7.04. The van der Waals surface area contributed by atoms with Gasteiger partial charge in [-0.3, -0.25) is 14.4 Å². The van der Waals surface area contributed by atoms with E-state index in [0.717, 1.165) is 29.0 Å². The first-order chi connectivity index (χ1) is 20.1. The van der Waals surface area contributed by atoms with E-state index in [4.69, 9.17) is 4.74 Å². The number of aryl methyl sites for hydroxylation is 1. The number of methoxy groups -OCH3 is 1. The molecule has 4 aromatic rings. The SMILES string of the molecule is COc1ccc(CN2C(=O)C3(CC(C)N(Cc4ccccc4)C(c4cn(C)nn4)C3)c3ccc(C(F)(F)F)cc32)cc1. The minimum Gasteiger partial charge on any atom is -0.497 e. The number of nitrogens with zero attached hydrogens (tertiary/aromatic N) is 5. The molecule has 218 valence electrons. The number of piperidine rings is 1. The third-order valence-corrected chi connectivity index (χ3v) is 8.61. The average Bonchev–Trinajstić information content (AvgIpc) is 3.50. The van der Waals surface area contributed by atoms with Crippen LogP contribution in [0.2, 0.25) is 0 Å². The van der Waals surface area contributed by atoms with Gasteiger partial charge in [0.25, 0.3) is 0 Å². The van der Waals surface area contributed by atoms with E-state index in [1.54, 1.807) is 31.0 Å². The Morgan fingerprint density at radius 2 is 1.69 bits per heavy atom. The highest BCUT2D eigenvalue weighted by atomic mass is 19.4. The highest BCUT2D eigenvalue weighted by Gasteiger charge is 2.57. The maximum absolute atomic E-state index is 14.6. The van der Waals surface area contributed by atoms with Crippen molar-refractivity contribution in [3.8, 4) is 5.75 Å². The van der Waals surface area contributed by atoms with Gasteiger partial charge in [0.2, 0.25) is 5.91 Å². The lowest BCUT2D eigenvalue weighted by atomic mass is 9.68. The van der Waals surface area contributed by atoms with Crippen LogP contribution in [0.25, 0.3) is 0 Å². The van der Waals surface area contributed by atoms with E-state index >= 15 is 0 Å². The van der Waals surface area contributed by atoms with Crippen molar-refractivity contribution >= 4 is 11.6 Å². The van der Waals surface area contributed by atoms with E-state index in [2.05, 4.69) is 34.3 Å². The van der Waals surface area contributed by atoms with Crippen molar-refractivity contribution in [1.29, 1.82) is 0 Å². The lowest BCUT2D eigenvalue weighted by Gasteiger charge is -2.47. The number of rotatable bonds is 6. The van der Waals surface area contributed by atoms with Crippen LogP contribution in [0.3, 0.4) is 0 Å². The minimum absolute atomic E-state index is 0.0778. The first kappa shape index (κ1) is 28.0. The summed E-state index contributed by atoms with van der Waals surface area (Å²) < 4.78 is 48.6. The van der Waals surface area contributed by atoms with Crippen LogP contribution < -0.4 is 9.64 Å². The van der Waals surface area contributed by atoms with Crippen LogP contribution in [0.4, 0.5) is 18.9 Å². The Balaban J connectivity index is 1.44. The summed E-state index contributed by atoms with van der Waals surface area (Å²) in [6.07, 6.45) is -1.84. The molecule has 0 saturated carbocycles. The number of alkyl halides is 3. The number of likely N-dealkylation sites (tertiary alicyclic amines) is 1. The van der Waals surface area contributed by atoms with Gasteiger partial charge in [-0.2, -0.15) is 13.2 Å². The summed E-state index contributed by atoms with van der Waals surface area (Å²) in [4.78, 5) is 18.4. The Hall–Kier alpha value is -4.18. The molecular weight excluding hydrogens is 543 g/mol. The minimum atomic E-state index is -4.53. The molecule has 1 fully saturated rings. The first-order valence-electron chi connectivity index (χ1n) is 13.9. The highest BCUT2D eigenvalue weighted by molar-refractivity contribution is 6.08. The van der Waals surface area contributed by atoms with E-state index in [1.165, 1.54) is 11.0 Å². The number of amides is 1. The fraction of sp³-hybridized carbons (Fsp3) is 0.344. The zero-order valence-electron chi connectivity index (χ0n) is 23.7. The predicted octanol–water partition coefficient (Wildman–Crippen LogP) is 6.05. The number of benzene rings is 3. The molecule has 3 heterocycles. The van der Waals surface area contributed by atoms with Crippen LogP contribution >= 0.6 is 0 Å². The van der Waals surface area contributed by atoms with E-state index in [1.807, 2.05) is 36.5 Å². The number of hydrogen-bond acceptors (Lipinski definition) is 5. The summed E-state index contributed by atoms with van der Waals surface area (Å²) >= 11 is 0. The molecule has 0 N–H and O–H groups in total. The maximum Gasteiger partial charge on any atom is 0.416 e. The van der Waals surface area contributed by atoms with Crippen LogP contribution in [0.15, 0.2) is 79.0 Å². The Morgan fingerprint density at radius 1 is 0.976 bits per heavy atom. The van der Waals surface area contributed by atoms with E-state index in [9.17, 15) is 18.0 Å². The predicted molar refractivity (Wildman–Crippen MR) is 152 cm³/mol. The second-order valence-corrected chi connectivity index (χ2v) is 11.3. The lowest BCUT2D eigenvalue weighted by molar-refractivity contribution is -0.137. The van der Waals surface area contributed by atoms with Gasteiger partial charge in [0.15, 0.2) is 0 Å². The first-order valence-corrected chi connectivity index (χ1v) is 13.9. The summed E-state index contributed by atoms with van der Waals surface area (Å²) in [5.41, 5.74) is 1.81. The molecule has 1 aromatic heterocycles. The molecule has 6 rings (SSSR count). The fourth-order valence-corrected chi connectivity index (χ4v) is 6.60. The molecule has 10 heteroatoms. The van der Waals surface area contributed by atoms with Crippen LogP contribution in [0.1, 0.15) is 53.8 Å². The number of carbonyl (C=O) groups is 1. The second-order valence-electron chi connectivity index (χ2n) is 11.3. The van der Waals surface area contributed by atoms with Crippen molar-refractivity contribution < 1.29 is 22.7 Å². The number of fused-ring (bicyclic) bond motifs is 2. The van der Waals surface area contributed by atoms with Crippen molar-refractivity contribution in [1.82, 2.24) is 19.9 Å². The summed E-state index contributed by atoms with van der Waals surface area (Å²) in [6, 6.07) is 20.7. The molecule has 3 unspecified atom stereocenters. The van der Waals surface area contributed by atoms with Crippen LogP contribution in [-0.2, 0) is 36.5 Å². The third kappa shape index (κ3) is 4.93. The smallest absolute Gasteiger partial charge is 0.416 e. The Morgan fingerprint density at radius 3 is 2.33 bits per heavy atom. The summed E-state index contributed by atoms with van der Waals surface area (Å²) in [5.74, 6) is 0.474. The normalized spacial score (nSPS) is 22.5. The number of hydrogen-bond donors (Lipinski definition) is 0. The van der Waals surface area contributed by atoms with Gasteiger partial charge in [0.1, 0.15) is 5.75 Å². The Bertz CT molecular complexity index is 1590. The number of anilines is 1. The molecule has 2 aliphatic heterocycles. The van der Waals surface area contributed by atoms with Gasteiger partial charge in [0, 0.05) is 31.5 Å². The molecule has 3 aromatic carbocycles. The van der Waals surface area contributed by atoms with Crippen molar-refractivity contribution in [2.24, 2.45) is 7.05 Å². The lowest BCUT2D eigenvalue weighted by Crippen LogP contribution is -2.53. The van der Waals surface area contributed by atoms with Crippen molar-refractivity contribution in [3.05, 3.63) is 107 Å². The molecule has 0 radical (unpaired) electrons. The summed E-state index contributed by atoms with van der Waals surface area (Å²) in [5, 5.41) is 8.61. The fourth-order valence-electron chi connectivity index (χ4n) is 6.60. The Labute approximate surface area is 242 Å². The molecule has 0 bridgehead atoms. The molecule has 42 heavy (non-hydrogen) atoms. The van der Waals surface area contributed by atoms with Crippen molar-refractivity contribution in [2.75, 3.05) is 12.0 Å². The maximum atomic E-state index is 14.6. The number of ether oxygens (including phenoxy) is 1. The van der Waals surface area contributed by atoms with Crippen molar-refractivity contribution in [3.63, 3.8) is 0 Å². The summed E-state index contributed by atoms with van der Waals surface area (Å²) in [7, 11) is 3.36. The van der Waals surface area contributed by atoms with E-state index in [-0.39, 0.29) is 24.5 Å². The molecule has 1 saturated heterocycles. The van der Waals surface area contributed by atoms with E-state index < -0.39 is 17.2 Å². The van der Waals surface area contributed by atoms with Gasteiger partial charge < -0.3 is 9.64 Å². The van der Waals surface area contributed by atoms with Gasteiger partial charge in [-0.05, 0) is 60.7 Å². The standard InChI is InChI=1S/C32H32F3N5O2/c1-21-16-31(17-29(27-20-38(2)37-36-27)39(21)18-22-7-5-4-6-8-22)26-14-11-24(32(33,34)35)15-28(26)40(30(31)41)19-23-9-12-25(42-3)13-10-23/h4-15,20-21,29H,16-19H2,1-3H3. The van der Waals surface area contributed by atoms with Gasteiger partial charge in [-0.25, -0.2) is 0 Å². The van der Waals surface area contributed by atoms with Crippen LogP contribution in [-0.4, -0.2) is 39.0 Å². The number of aromatic nitrogens is 3. The zero-order valence-corrected chi connectivity index (χ0v) is 23.7. The zero-order chi connectivity index (χ0) is 29.6. The van der Waals surface area contributed by atoms with Crippen LogP contribution in [0, 0.1) is 0 Å². The molecule has 3 atom stereocenters. The molecule has 2 aliphatic rings. The highest BCUT2D eigenvalue weighted by Crippen LogP contribution is 2.55. The average molecular weight is 576 g/mol. The van der Waals surface area contributed by atoms with Gasteiger partial charge in [0.05, 0.1) is 36.4 Å².